The van der Waals surface area contributed by atoms with Crippen molar-refractivity contribution in [1.29, 1.82) is 0 Å². The van der Waals surface area contributed by atoms with E-state index in [1.165, 1.54) is 12.8 Å². The summed E-state index contributed by atoms with van der Waals surface area (Å²) in [6, 6.07) is 7.31. The van der Waals surface area contributed by atoms with E-state index in [1.54, 1.807) is 24.3 Å². The second-order valence-corrected chi connectivity index (χ2v) is 6.77. The first-order valence-corrected chi connectivity index (χ1v) is 7.85. The molecule has 0 aromatic heterocycles. The molecule has 1 aromatic rings. The van der Waals surface area contributed by atoms with E-state index in [-0.39, 0.29) is 10.6 Å². The standard InChI is InChI=1S/C16H16N4O2/c21-20(22)10-6-4-9(5-7-10)19-16-14-8-13(15(16)17-18-19)11-2-1-3-12(11)14/h1-2,4-7,11-16H,3,8H2/t11-,12-,13+,14-,15-,16+/m0/s1. The molecule has 0 N–H and O–H groups in total. The molecule has 6 heteroatoms. The van der Waals surface area contributed by atoms with Crippen LogP contribution >= 0.6 is 0 Å². The number of non-ortho nitro benzene ring substituents is 1. The van der Waals surface area contributed by atoms with Gasteiger partial charge in [0, 0.05) is 12.1 Å². The van der Waals surface area contributed by atoms with Gasteiger partial charge in [0.15, 0.2) is 0 Å². The molecule has 2 saturated carbocycles. The topological polar surface area (TPSA) is 71.1 Å². The van der Waals surface area contributed by atoms with E-state index in [0.717, 1.165) is 11.6 Å². The van der Waals surface area contributed by atoms with Crippen LogP contribution in [0.1, 0.15) is 12.8 Å². The number of nitro groups is 1. The van der Waals surface area contributed by atoms with Gasteiger partial charge in [-0.15, -0.1) is 0 Å². The predicted octanol–water partition coefficient (Wildman–Crippen LogP) is 3.36. The van der Waals surface area contributed by atoms with Gasteiger partial charge in [-0.2, -0.15) is 5.11 Å². The van der Waals surface area contributed by atoms with E-state index in [2.05, 4.69) is 22.5 Å². The Labute approximate surface area is 127 Å². The maximum atomic E-state index is 10.8. The van der Waals surface area contributed by atoms with Crippen molar-refractivity contribution in [2.24, 2.45) is 34.0 Å². The highest BCUT2D eigenvalue weighted by molar-refractivity contribution is 5.52. The van der Waals surface area contributed by atoms with Gasteiger partial charge in [0.05, 0.1) is 22.7 Å². The van der Waals surface area contributed by atoms with E-state index < -0.39 is 0 Å². The SMILES string of the molecule is O=[N+]([O-])c1ccc(N2N=N[C@H]3[C@@H]4C[C@@H]([C@H]5CC=C[C@H]45)[C@H]32)cc1. The van der Waals surface area contributed by atoms with Crippen molar-refractivity contribution in [1.82, 2.24) is 0 Å². The molecule has 3 aliphatic carbocycles. The Morgan fingerprint density at radius 1 is 1.18 bits per heavy atom. The molecule has 6 atom stereocenters. The van der Waals surface area contributed by atoms with Crippen LogP contribution < -0.4 is 5.01 Å². The minimum absolute atomic E-state index is 0.115. The molecule has 22 heavy (non-hydrogen) atoms. The van der Waals surface area contributed by atoms with Crippen LogP contribution in [-0.4, -0.2) is 17.0 Å². The van der Waals surface area contributed by atoms with Crippen LogP contribution in [0.25, 0.3) is 0 Å². The average molecular weight is 296 g/mol. The molecule has 5 rings (SSSR count). The molecule has 1 heterocycles. The van der Waals surface area contributed by atoms with Crippen molar-refractivity contribution >= 4 is 11.4 Å². The summed E-state index contributed by atoms with van der Waals surface area (Å²) in [6.45, 7) is 0. The van der Waals surface area contributed by atoms with Crippen LogP contribution in [0, 0.1) is 33.8 Å². The molecule has 6 nitrogen and oxygen atoms in total. The van der Waals surface area contributed by atoms with Crippen molar-refractivity contribution in [2.75, 3.05) is 5.01 Å². The minimum Gasteiger partial charge on any atom is -0.258 e. The van der Waals surface area contributed by atoms with Crippen molar-refractivity contribution in [3.8, 4) is 0 Å². The van der Waals surface area contributed by atoms with Gasteiger partial charge >= 0.3 is 0 Å². The molecule has 4 aliphatic rings. The number of rotatable bonds is 2. The summed E-state index contributed by atoms with van der Waals surface area (Å²) in [5.41, 5.74) is 1.03. The minimum atomic E-state index is -0.371. The van der Waals surface area contributed by atoms with Crippen LogP contribution in [0.4, 0.5) is 11.4 Å². The zero-order valence-corrected chi connectivity index (χ0v) is 11.9. The smallest absolute Gasteiger partial charge is 0.258 e. The molecule has 112 valence electrons. The normalized spacial score (nSPS) is 40.3. The number of fused-ring (bicyclic) bond motifs is 8. The summed E-state index contributed by atoms with van der Waals surface area (Å²) >= 11 is 0. The van der Waals surface area contributed by atoms with E-state index >= 15 is 0 Å². The molecule has 2 bridgehead atoms. The van der Waals surface area contributed by atoms with E-state index in [9.17, 15) is 10.1 Å². The van der Waals surface area contributed by atoms with Gasteiger partial charge in [0.25, 0.3) is 5.69 Å². The highest BCUT2D eigenvalue weighted by Crippen LogP contribution is 2.60. The number of nitro benzene ring substituents is 1. The Hall–Kier alpha value is -2.24. The molecule has 0 spiro atoms. The van der Waals surface area contributed by atoms with Gasteiger partial charge in [-0.25, -0.2) is 5.01 Å². The van der Waals surface area contributed by atoms with Crippen molar-refractivity contribution in [2.45, 2.75) is 24.9 Å². The second-order valence-electron chi connectivity index (χ2n) is 6.77. The zero-order valence-electron chi connectivity index (χ0n) is 11.9. The summed E-state index contributed by atoms with van der Waals surface area (Å²) in [7, 11) is 0. The van der Waals surface area contributed by atoms with Crippen LogP contribution in [0.15, 0.2) is 46.8 Å². The highest BCUT2D eigenvalue weighted by atomic mass is 16.6. The summed E-state index contributed by atoms with van der Waals surface area (Å²) in [5, 5.41) is 21.7. The lowest BCUT2D eigenvalue weighted by Gasteiger charge is -2.35. The molecule has 1 aliphatic heterocycles. The van der Waals surface area contributed by atoms with Crippen molar-refractivity contribution in [3.05, 3.63) is 46.5 Å². The quantitative estimate of drug-likeness (QED) is 0.477. The molecule has 2 fully saturated rings. The van der Waals surface area contributed by atoms with Crippen LogP contribution in [0.3, 0.4) is 0 Å². The lowest BCUT2D eigenvalue weighted by molar-refractivity contribution is -0.384. The molecule has 0 amide bonds. The Bertz CT molecular complexity index is 699. The van der Waals surface area contributed by atoms with Gasteiger partial charge in [-0.1, -0.05) is 17.4 Å². The average Bonchev–Trinajstić information content (AvgIpc) is 3.25. The molecule has 0 saturated heterocycles. The monoisotopic (exact) mass is 296 g/mol. The fourth-order valence-corrected chi connectivity index (χ4v) is 5.13. The third-order valence-electron chi connectivity index (χ3n) is 5.97. The van der Waals surface area contributed by atoms with Gasteiger partial charge in [0.1, 0.15) is 0 Å². The fraction of sp³-hybridized carbons (Fsp3) is 0.500. The highest BCUT2D eigenvalue weighted by Gasteiger charge is 2.61. The third-order valence-corrected chi connectivity index (χ3v) is 5.97. The number of hydrogen-bond acceptors (Lipinski definition) is 5. The summed E-state index contributed by atoms with van der Waals surface area (Å²) < 4.78 is 0. The Morgan fingerprint density at radius 3 is 2.77 bits per heavy atom. The Kier molecular flexibility index (Phi) is 2.32. The molecular formula is C16H16N4O2. The Balaban J connectivity index is 1.46. The largest absolute Gasteiger partial charge is 0.269 e. The molecular weight excluding hydrogens is 280 g/mol. The van der Waals surface area contributed by atoms with Gasteiger partial charge < -0.3 is 0 Å². The maximum Gasteiger partial charge on any atom is 0.269 e. The van der Waals surface area contributed by atoms with Crippen LogP contribution in [0.2, 0.25) is 0 Å². The molecule has 0 unspecified atom stereocenters. The lowest BCUT2D eigenvalue weighted by Crippen LogP contribution is -2.44. The maximum absolute atomic E-state index is 10.8. The van der Waals surface area contributed by atoms with Crippen molar-refractivity contribution in [3.63, 3.8) is 0 Å². The second kappa shape index (κ2) is 4.15. The van der Waals surface area contributed by atoms with Gasteiger partial charge in [0.2, 0.25) is 0 Å². The fourth-order valence-electron chi connectivity index (χ4n) is 5.13. The van der Waals surface area contributed by atoms with Gasteiger partial charge in [-0.3, -0.25) is 10.1 Å². The number of anilines is 1. The van der Waals surface area contributed by atoms with Crippen LogP contribution in [0.5, 0.6) is 0 Å². The predicted molar refractivity (Wildman–Crippen MR) is 80.3 cm³/mol. The van der Waals surface area contributed by atoms with E-state index in [4.69, 9.17) is 0 Å². The summed E-state index contributed by atoms with van der Waals surface area (Å²) in [5.74, 6) is 2.71. The molecule has 0 radical (unpaired) electrons. The first-order valence-electron chi connectivity index (χ1n) is 7.85. The number of allylic oxidation sites excluding steroid dienone is 2. The first kappa shape index (κ1) is 12.3. The number of hydrogen-bond donors (Lipinski definition) is 0. The van der Waals surface area contributed by atoms with Crippen LogP contribution in [-0.2, 0) is 0 Å². The van der Waals surface area contributed by atoms with E-state index in [0.29, 0.717) is 29.8 Å². The number of benzene rings is 1. The summed E-state index contributed by atoms with van der Waals surface area (Å²) in [4.78, 5) is 10.4. The van der Waals surface area contributed by atoms with E-state index in [1.807, 2.05) is 5.01 Å². The lowest BCUT2D eigenvalue weighted by atomic mass is 9.76. The zero-order chi connectivity index (χ0) is 14.8. The van der Waals surface area contributed by atoms with Gasteiger partial charge in [-0.05, 0) is 48.6 Å². The molecule has 1 aromatic carbocycles. The third kappa shape index (κ3) is 1.44. The Morgan fingerprint density at radius 2 is 2.00 bits per heavy atom. The first-order chi connectivity index (χ1) is 10.7. The summed E-state index contributed by atoms with van der Waals surface area (Å²) in [6.07, 6.45) is 7.14. The number of nitrogens with zero attached hydrogens (tertiary/aromatic N) is 4. The van der Waals surface area contributed by atoms with Crippen molar-refractivity contribution < 1.29 is 4.92 Å².